The fourth-order valence-electron chi connectivity index (χ4n) is 4.42. The normalized spacial score (nSPS) is 21.4. The van der Waals surface area contributed by atoms with E-state index in [1.54, 1.807) is 23.1 Å². The van der Waals surface area contributed by atoms with E-state index in [4.69, 9.17) is 9.47 Å². The smallest absolute Gasteiger partial charge is 0.297 e. The first kappa shape index (κ1) is 19.7. The quantitative estimate of drug-likeness (QED) is 0.751. The van der Waals surface area contributed by atoms with Gasteiger partial charge in [-0.15, -0.1) is 0 Å². The lowest BCUT2D eigenvalue weighted by molar-refractivity contribution is -0.256. The minimum absolute atomic E-state index is 0.166. The molecule has 30 heavy (non-hydrogen) atoms. The summed E-state index contributed by atoms with van der Waals surface area (Å²) in [7, 11) is -3.63. The average Bonchev–Trinajstić information content (AvgIpc) is 3.36. The van der Waals surface area contributed by atoms with Gasteiger partial charge in [0.2, 0.25) is 10.0 Å². The summed E-state index contributed by atoms with van der Waals surface area (Å²) in [6.45, 7) is 3.74. The Labute approximate surface area is 176 Å². The van der Waals surface area contributed by atoms with Gasteiger partial charge in [-0.3, -0.25) is 9.69 Å². The first-order valence-corrected chi connectivity index (χ1v) is 11.7. The van der Waals surface area contributed by atoms with E-state index >= 15 is 0 Å². The lowest BCUT2D eigenvalue weighted by Crippen LogP contribution is -2.46. The maximum atomic E-state index is 13.6. The van der Waals surface area contributed by atoms with Crippen LogP contribution < -0.4 is 4.90 Å². The summed E-state index contributed by atoms with van der Waals surface area (Å²) in [6.07, 6.45) is 2.40. The Morgan fingerprint density at radius 1 is 0.967 bits per heavy atom. The van der Waals surface area contributed by atoms with E-state index in [2.05, 4.69) is 0 Å². The second kappa shape index (κ2) is 7.16. The standard InChI is InChI=1S/C22H24N2O5S/c1-16-6-4-7-17(14-16)24-20-9-8-18(30(26,27)23-10-2-3-11-23)15-19(20)22(21(24)25)28-12-5-13-29-22/h4,6-9,14-15H,2-3,5,10-13H2,1H3. The van der Waals surface area contributed by atoms with Crippen LogP contribution in [0.5, 0.6) is 0 Å². The molecule has 0 unspecified atom stereocenters. The molecule has 0 bridgehead atoms. The van der Waals surface area contributed by atoms with E-state index in [9.17, 15) is 13.2 Å². The van der Waals surface area contributed by atoms with Gasteiger partial charge in [-0.2, -0.15) is 4.31 Å². The second-order valence-corrected chi connectivity index (χ2v) is 9.87. The van der Waals surface area contributed by atoms with Crippen LogP contribution in [-0.4, -0.2) is 44.9 Å². The SMILES string of the molecule is Cc1cccc(N2C(=O)C3(OCCCO3)c3cc(S(=O)(=O)N4CCCC4)ccc32)c1. The number of rotatable bonds is 3. The van der Waals surface area contributed by atoms with Gasteiger partial charge >= 0.3 is 0 Å². The van der Waals surface area contributed by atoms with E-state index in [1.165, 1.54) is 4.31 Å². The highest BCUT2D eigenvalue weighted by Crippen LogP contribution is 2.49. The molecule has 1 amide bonds. The molecule has 158 valence electrons. The zero-order valence-corrected chi connectivity index (χ0v) is 17.7. The van der Waals surface area contributed by atoms with Gasteiger partial charge in [-0.1, -0.05) is 12.1 Å². The van der Waals surface area contributed by atoms with Gasteiger partial charge in [0.25, 0.3) is 11.7 Å². The largest absolute Gasteiger partial charge is 0.338 e. The highest BCUT2D eigenvalue weighted by molar-refractivity contribution is 7.89. The van der Waals surface area contributed by atoms with Gasteiger partial charge in [0.15, 0.2) is 0 Å². The van der Waals surface area contributed by atoms with Gasteiger partial charge in [-0.05, 0) is 62.1 Å². The van der Waals surface area contributed by atoms with Gasteiger partial charge in [0.1, 0.15) is 0 Å². The van der Waals surface area contributed by atoms with Crippen molar-refractivity contribution < 1.29 is 22.7 Å². The Morgan fingerprint density at radius 2 is 1.70 bits per heavy atom. The minimum atomic E-state index is -3.63. The topological polar surface area (TPSA) is 76.1 Å². The van der Waals surface area contributed by atoms with E-state index in [1.807, 2.05) is 31.2 Å². The molecule has 5 rings (SSSR count). The van der Waals surface area contributed by atoms with Crippen molar-refractivity contribution in [1.82, 2.24) is 4.31 Å². The Hall–Kier alpha value is -2.26. The summed E-state index contributed by atoms with van der Waals surface area (Å²) >= 11 is 0. The molecule has 0 radical (unpaired) electrons. The number of aryl methyl sites for hydroxylation is 1. The number of hydrogen-bond acceptors (Lipinski definition) is 5. The van der Waals surface area contributed by atoms with Crippen LogP contribution in [0.15, 0.2) is 47.4 Å². The summed E-state index contributed by atoms with van der Waals surface area (Å²) < 4.78 is 39.6. The number of carbonyl (C=O) groups excluding carboxylic acids is 1. The maximum Gasteiger partial charge on any atom is 0.297 e. The first-order valence-electron chi connectivity index (χ1n) is 10.3. The minimum Gasteiger partial charge on any atom is -0.338 e. The third-order valence-corrected chi connectivity index (χ3v) is 7.80. The van der Waals surface area contributed by atoms with Crippen LogP contribution in [0.4, 0.5) is 11.4 Å². The van der Waals surface area contributed by atoms with Gasteiger partial charge in [-0.25, -0.2) is 8.42 Å². The number of anilines is 2. The van der Waals surface area contributed by atoms with E-state index in [0.717, 1.165) is 18.4 Å². The Morgan fingerprint density at radius 3 is 2.40 bits per heavy atom. The number of amides is 1. The Kier molecular flexibility index (Phi) is 4.70. The highest BCUT2D eigenvalue weighted by Gasteiger charge is 2.55. The third-order valence-electron chi connectivity index (χ3n) is 5.91. The highest BCUT2D eigenvalue weighted by atomic mass is 32.2. The molecule has 2 aromatic rings. The van der Waals surface area contributed by atoms with Crippen LogP contribution in [0.2, 0.25) is 0 Å². The van der Waals surface area contributed by atoms with Crippen molar-refractivity contribution >= 4 is 27.3 Å². The van der Waals surface area contributed by atoms with Crippen LogP contribution in [-0.2, 0) is 30.1 Å². The number of hydrogen-bond donors (Lipinski definition) is 0. The van der Waals surface area contributed by atoms with Crippen molar-refractivity contribution in [2.45, 2.75) is 36.9 Å². The van der Waals surface area contributed by atoms with Crippen molar-refractivity contribution in [3.05, 3.63) is 53.6 Å². The van der Waals surface area contributed by atoms with Gasteiger partial charge < -0.3 is 9.47 Å². The number of ether oxygens (including phenoxy) is 2. The monoisotopic (exact) mass is 428 g/mol. The van der Waals surface area contributed by atoms with Crippen molar-refractivity contribution in [2.24, 2.45) is 0 Å². The molecular weight excluding hydrogens is 404 g/mol. The Balaban J connectivity index is 1.66. The van der Waals surface area contributed by atoms with E-state index in [-0.39, 0.29) is 10.8 Å². The molecule has 3 aliphatic rings. The maximum absolute atomic E-state index is 13.6. The summed E-state index contributed by atoms with van der Waals surface area (Å²) in [5.41, 5.74) is 2.76. The molecule has 0 atom stereocenters. The molecule has 2 fully saturated rings. The summed E-state index contributed by atoms with van der Waals surface area (Å²) in [4.78, 5) is 15.3. The average molecular weight is 429 g/mol. The zero-order valence-electron chi connectivity index (χ0n) is 16.8. The molecule has 2 aromatic carbocycles. The van der Waals surface area contributed by atoms with Crippen molar-refractivity contribution in [2.75, 3.05) is 31.2 Å². The third kappa shape index (κ3) is 2.90. The lowest BCUT2D eigenvalue weighted by Gasteiger charge is -2.32. The molecule has 0 aromatic heterocycles. The molecule has 0 N–H and O–H groups in total. The first-order chi connectivity index (χ1) is 14.4. The van der Waals surface area contributed by atoms with Crippen molar-refractivity contribution in [3.63, 3.8) is 0 Å². The molecule has 3 aliphatic heterocycles. The number of fused-ring (bicyclic) bond motifs is 2. The van der Waals surface area contributed by atoms with Crippen molar-refractivity contribution in [1.29, 1.82) is 0 Å². The zero-order chi connectivity index (χ0) is 20.9. The second-order valence-electron chi connectivity index (χ2n) is 7.94. The van der Waals surface area contributed by atoms with Gasteiger partial charge in [0, 0.05) is 24.3 Å². The molecule has 1 spiro atoms. The fraction of sp³-hybridized carbons (Fsp3) is 0.409. The molecule has 0 aliphatic carbocycles. The predicted octanol–water partition coefficient (Wildman–Crippen LogP) is 3.05. The van der Waals surface area contributed by atoms with Crippen LogP contribution in [0.3, 0.4) is 0 Å². The van der Waals surface area contributed by atoms with Crippen LogP contribution in [0.25, 0.3) is 0 Å². The number of sulfonamides is 1. The molecule has 0 saturated carbocycles. The summed E-state index contributed by atoms with van der Waals surface area (Å²) in [6, 6.07) is 12.4. The molecule has 2 saturated heterocycles. The molecule has 8 heteroatoms. The van der Waals surface area contributed by atoms with E-state index in [0.29, 0.717) is 49.7 Å². The fourth-order valence-corrected chi connectivity index (χ4v) is 5.96. The van der Waals surface area contributed by atoms with Gasteiger partial charge in [0.05, 0.1) is 23.8 Å². The molecule has 3 heterocycles. The summed E-state index contributed by atoms with van der Waals surface area (Å²) in [5.74, 6) is -1.95. The Bertz CT molecular complexity index is 1100. The van der Waals surface area contributed by atoms with Crippen LogP contribution in [0.1, 0.15) is 30.4 Å². The number of carbonyl (C=O) groups is 1. The predicted molar refractivity (Wildman–Crippen MR) is 111 cm³/mol. The van der Waals surface area contributed by atoms with E-state index < -0.39 is 15.8 Å². The van der Waals surface area contributed by atoms with Crippen LogP contribution in [0, 0.1) is 6.92 Å². The lowest BCUT2D eigenvalue weighted by atomic mass is 10.1. The molecule has 7 nitrogen and oxygen atoms in total. The van der Waals surface area contributed by atoms with Crippen molar-refractivity contribution in [3.8, 4) is 0 Å². The molecular formula is C22H24N2O5S. The number of nitrogens with zero attached hydrogens (tertiary/aromatic N) is 2. The van der Waals surface area contributed by atoms with Crippen LogP contribution >= 0.6 is 0 Å². The summed E-state index contributed by atoms with van der Waals surface area (Å²) in [5, 5.41) is 0. The number of benzene rings is 2.